The fourth-order valence-electron chi connectivity index (χ4n) is 3.41. The van der Waals surface area contributed by atoms with Gasteiger partial charge in [-0.2, -0.15) is 5.26 Å². The number of hydrogen-bond acceptors (Lipinski definition) is 8. The second-order valence-corrected chi connectivity index (χ2v) is 6.70. The van der Waals surface area contributed by atoms with Gasteiger partial charge in [-0.3, -0.25) is 10.1 Å². The Labute approximate surface area is 184 Å². The smallest absolute Gasteiger partial charge is 0.338 e. The van der Waals surface area contributed by atoms with Crippen LogP contribution in [0.3, 0.4) is 0 Å². The molecule has 1 atom stereocenters. The number of nitriles is 1. The van der Waals surface area contributed by atoms with Gasteiger partial charge in [0.1, 0.15) is 23.2 Å². The van der Waals surface area contributed by atoms with Gasteiger partial charge in [0.2, 0.25) is 5.88 Å². The number of carbonyl (C=O) groups excluding carboxylic acids is 1. The van der Waals surface area contributed by atoms with Crippen molar-refractivity contribution in [3.8, 4) is 11.8 Å². The van der Waals surface area contributed by atoms with E-state index in [1.165, 1.54) is 18.2 Å². The average molecular weight is 435 g/mol. The number of carbonyl (C=O) groups is 1. The Morgan fingerprint density at radius 3 is 2.53 bits per heavy atom. The van der Waals surface area contributed by atoms with Gasteiger partial charge in [0, 0.05) is 17.7 Å². The maximum Gasteiger partial charge on any atom is 0.338 e. The lowest BCUT2D eigenvalue weighted by Crippen LogP contribution is -2.25. The molecule has 0 amide bonds. The van der Waals surface area contributed by atoms with E-state index >= 15 is 0 Å². The van der Waals surface area contributed by atoms with Crippen molar-refractivity contribution in [2.24, 2.45) is 5.73 Å². The molecule has 1 aliphatic rings. The van der Waals surface area contributed by atoms with E-state index in [9.17, 15) is 20.2 Å². The molecule has 0 bridgehead atoms. The van der Waals surface area contributed by atoms with Gasteiger partial charge in [-0.25, -0.2) is 4.79 Å². The number of nitrogens with two attached hydrogens (primary N) is 1. The van der Waals surface area contributed by atoms with E-state index in [0.717, 1.165) is 0 Å². The van der Waals surface area contributed by atoms with Gasteiger partial charge in [-0.05, 0) is 31.5 Å². The third kappa shape index (κ3) is 4.39. The van der Waals surface area contributed by atoms with Gasteiger partial charge in [-0.15, -0.1) is 0 Å². The van der Waals surface area contributed by atoms with Crippen molar-refractivity contribution in [3.63, 3.8) is 0 Å². The minimum absolute atomic E-state index is 0.00235. The molecule has 164 valence electrons. The number of esters is 1. The molecule has 32 heavy (non-hydrogen) atoms. The Kier molecular flexibility index (Phi) is 6.75. The highest BCUT2D eigenvalue weighted by Crippen LogP contribution is 2.43. The fraction of sp³-hybridized carbons (Fsp3) is 0.217. The van der Waals surface area contributed by atoms with Gasteiger partial charge in [0.25, 0.3) is 5.69 Å². The molecule has 0 spiro atoms. The summed E-state index contributed by atoms with van der Waals surface area (Å²) in [5.41, 5.74) is 6.77. The molecule has 0 aliphatic carbocycles. The van der Waals surface area contributed by atoms with Crippen molar-refractivity contribution in [2.75, 3.05) is 13.2 Å². The Balaban J connectivity index is 2.25. The van der Waals surface area contributed by atoms with E-state index < -0.39 is 16.8 Å². The van der Waals surface area contributed by atoms with Crippen LogP contribution in [0.25, 0.3) is 5.76 Å². The zero-order valence-electron chi connectivity index (χ0n) is 17.5. The molecule has 0 fully saturated rings. The molecule has 0 saturated heterocycles. The number of nitro benzene ring substituents is 1. The predicted molar refractivity (Wildman–Crippen MR) is 115 cm³/mol. The molecule has 2 aromatic rings. The lowest BCUT2D eigenvalue weighted by Gasteiger charge is -2.28. The van der Waals surface area contributed by atoms with Gasteiger partial charge in [-0.1, -0.05) is 24.3 Å². The molecular formula is C23H21N3O6. The molecule has 1 aliphatic heterocycles. The first-order valence-corrected chi connectivity index (χ1v) is 9.87. The summed E-state index contributed by atoms with van der Waals surface area (Å²) in [6.45, 7) is 4.08. The number of nitrogens with zero attached hydrogens (tertiary/aromatic N) is 2. The van der Waals surface area contributed by atoms with Gasteiger partial charge >= 0.3 is 5.97 Å². The Hall–Kier alpha value is -4.32. The fourth-order valence-corrected chi connectivity index (χ4v) is 3.41. The normalized spacial score (nSPS) is 15.6. The van der Waals surface area contributed by atoms with Crippen LogP contribution in [0.5, 0.6) is 5.75 Å². The highest BCUT2D eigenvalue weighted by atomic mass is 16.6. The van der Waals surface area contributed by atoms with Crippen molar-refractivity contribution in [2.45, 2.75) is 19.8 Å². The van der Waals surface area contributed by atoms with Crippen LogP contribution >= 0.6 is 0 Å². The lowest BCUT2D eigenvalue weighted by atomic mass is 9.82. The molecule has 2 aromatic carbocycles. The molecule has 1 heterocycles. The summed E-state index contributed by atoms with van der Waals surface area (Å²) in [6, 6.07) is 14.5. The zero-order valence-corrected chi connectivity index (χ0v) is 17.5. The van der Waals surface area contributed by atoms with Crippen molar-refractivity contribution in [1.82, 2.24) is 0 Å². The average Bonchev–Trinajstić information content (AvgIpc) is 2.79. The van der Waals surface area contributed by atoms with E-state index in [2.05, 4.69) is 0 Å². The molecule has 2 N–H and O–H groups in total. The summed E-state index contributed by atoms with van der Waals surface area (Å²) in [7, 11) is 0. The van der Waals surface area contributed by atoms with E-state index in [0.29, 0.717) is 17.9 Å². The maximum absolute atomic E-state index is 13.0. The van der Waals surface area contributed by atoms with Crippen LogP contribution in [0.2, 0.25) is 0 Å². The SMILES string of the molecule is CCOC(=O)C1=C(c2cccc([N+](=O)[O-])c2)OC(N)=C(C#N)C1c1ccc(OCC)cc1. The molecule has 1 unspecified atom stereocenters. The van der Waals surface area contributed by atoms with Crippen LogP contribution in [0.4, 0.5) is 5.69 Å². The van der Waals surface area contributed by atoms with E-state index in [1.807, 2.05) is 13.0 Å². The number of ether oxygens (including phenoxy) is 3. The number of hydrogen-bond donors (Lipinski definition) is 1. The summed E-state index contributed by atoms with van der Waals surface area (Å²) < 4.78 is 16.4. The number of non-ortho nitro benzene ring substituents is 1. The van der Waals surface area contributed by atoms with Gasteiger partial charge in [0.05, 0.1) is 29.6 Å². The first-order chi connectivity index (χ1) is 15.4. The maximum atomic E-state index is 13.0. The van der Waals surface area contributed by atoms with E-state index in [1.54, 1.807) is 37.3 Å². The molecule has 0 saturated carbocycles. The van der Waals surface area contributed by atoms with Crippen LogP contribution in [0, 0.1) is 21.4 Å². The van der Waals surface area contributed by atoms with Crippen LogP contribution in [0.15, 0.2) is 65.6 Å². The molecule has 9 heteroatoms. The summed E-state index contributed by atoms with van der Waals surface area (Å²) in [6.07, 6.45) is 0. The number of allylic oxidation sites excluding steroid dienone is 1. The van der Waals surface area contributed by atoms with E-state index in [4.69, 9.17) is 19.9 Å². The summed E-state index contributed by atoms with van der Waals surface area (Å²) >= 11 is 0. The summed E-state index contributed by atoms with van der Waals surface area (Å²) in [4.78, 5) is 23.7. The number of nitro groups is 1. The molecule has 0 radical (unpaired) electrons. The quantitative estimate of drug-likeness (QED) is 0.394. The third-order valence-electron chi connectivity index (χ3n) is 4.76. The number of rotatable bonds is 7. The zero-order chi connectivity index (χ0) is 23.3. The van der Waals surface area contributed by atoms with Gasteiger partial charge in [0.15, 0.2) is 0 Å². The van der Waals surface area contributed by atoms with Gasteiger partial charge < -0.3 is 19.9 Å². The Bertz CT molecular complexity index is 1150. The first-order valence-electron chi connectivity index (χ1n) is 9.87. The first kappa shape index (κ1) is 22.4. The lowest BCUT2D eigenvalue weighted by molar-refractivity contribution is -0.384. The largest absolute Gasteiger partial charge is 0.494 e. The second kappa shape index (κ2) is 9.66. The predicted octanol–water partition coefficient (Wildman–Crippen LogP) is 3.78. The second-order valence-electron chi connectivity index (χ2n) is 6.70. The van der Waals surface area contributed by atoms with E-state index in [-0.39, 0.29) is 40.6 Å². The minimum Gasteiger partial charge on any atom is -0.494 e. The van der Waals surface area contributed by atoms with Crippen molar-refractivity contribution in [3.05, 3.63) is 86.8 Å². The molecule has 9 nitrogen and oxygen atoms in total. The topological polar surface area (TPSA) is 138 Å². The third-order valence-corrected chi connectivity index (χ3v) is 4.76. The van der Waals surface area contributed by atoms with Crippen LogP contribution < -0.4 is 10.5 Å². The minimum atomic E-state index is -0.891. The highest BCUT2D eigenvalue weighted by molar-refractivity contribution is 6.00. The van der Waals surface area contributed by atoms with Crippen LogP contribution in [-0.4, -0.2) is 24.1 Å². The molecular weight excluding hydrogens is 414 g/mol. The monoisotopic (exact) mass is 435 g/mol. The standard InChI is InChI=1S/C23H21N3O6/c1-3-30-17-10-8-14(9-11-17)19-18(13-24)22(25)32-21(20(19)23(27)31-4-2)15-6-5-7-16(12-15)26(28)29/h5-12,19H,3-4,25H2,1-2H3. The Morgan fingerprint density at radius 1 is 1.22 bits per heavy atom. The summed E-state index contributed by atoms with van der Waals surface area (Å²) in [5, 5.41) is 21.0. The molecule has 0 aromatic heterocycles. The van der Waals surface area contributed by atoms with Crippen molar-refractivity contribution in [1.29, 1.82) is 5.26 Å². The highest BCUT2D eigenvalue weighted by Gasteiger charge is 2.38. The Morgan fingerprint density at radius 2 is 1.94 bits per heavy atom. The van der Waals surface area contributed by atoms with Crippen LogP contribution in [0.1, 0.15) is 30.9 Å². The van der Waals surface area contributed by atoms with Crippen molar-refractivity contribution >= 4 is 17.4 Å². The number of benzene rings is 2. The van der Waals surface area contributed by atoms with Crippen LogP contribution in [-0.2, 0) is 14.3 Å². The summed E-state index contributed by atoms with van der Waals surface area (Å²) in [5.74, 6) is -1.17. The molecule has 3 rings (SSSR count). The van der Waals surface area contributed by atoms with Crippen molar-refractivity contribution < 1.29 is 23.9 Å².